The van der Waals surface area contributed by atoms with Crippen LogP contribution in [0.4, 0.5) is 4.79 Å². The smallest absolute Gasteiger partial charge is 0.410 e. The van der Waals surface area contributed by atoms with Gasteiger partial charge in [-0.2, -0.15) is 0 Å². The topological polar surface area (TPSA) is 55.6 Å². The maximum absolute atomic E-state index is 11.9. The molecule has 0 bridgehead atoms. The van der Waals surface area contributed by atoms with E-state index in [1.54, 1.807) is 4.90 Å². The summed E-state index contributed by atoms with van der Waals surface area (Å²) in [4.78, 5) is 13.6. The number of rotatable bonds is 2. The number of ether oxygens (including phenoxy) is 1. The fraction of sp³-hybridized carbons (Fsp3) is 0.500. The van der Waals surface area contributed by atoms with Crippen molar-refractivity contribution >= 4 is 6.09 Å². The number of likely N-dealkylation sites (tertiary alicyclic amines) is 1. The normalized spacial score (nSPS) is 16.7. The molecule has 18 heavy (non-hydrogen) atoms. The third kappa shape index (κ3) is 3.23. The molecule has 4 heteroatoms. The van der Waals surface area contributed by atoms with Gasteiger partial charge >= 0.3 is 6.09 Å². The molecule has 1 aliphatic heterocycles. The van der Waals surface area contributed by atoms with E-state index in [1.165, 1.54) is 0 Å². The standard InChI is InChI=1S/C14H20N2O2/c1-11-4-2-3-5-12(11)10-18-14(17)16-8-6-13(15)7-9-16/h2-5,13H,6-10,15H2,1H3. The second-order valence-corrected chi connectivity index (χ2v) is 4.81. The van der Waals surface area contributed by atoms with Crippen LogP contribution in [0.2, 0.25) is 0 Å². The summed E-state index contributed by atoms with van der Waals surface area (Å²) in [5.41, 5.74) is 8.00. The fourth-order valence-electron chi connectivity index (χ4n) is 2.08. The maximum atomic E-state index is 11.9. The average Bonchev–Trinajstić information content (AvgIpc) is 2.38. The van der Waals surface area contributed by atoms with Crippen molar-refractivity contribution in [1.82, 2.24) is 4.90 Å². The number of aryl methyl sites for hydroxylation is 1. The number of carbonyl (C=O) groups is 1. The zero-order valence-corrected chi connectivity index (χ0v) is 10.8. The third-order valence-electron chi connectivity index (χ3n) is 3.41. The van der Waals surface area contributed by atoms with Crippen molar-refractivity contribution in [3.05, 3.63) is 35.4 Å². The van der Waals surface area contributed by atoms with Gasteiger partial charge in [-0.25, -0.2) is 4.79 Å². The number of benzene rings is 1. The highest BCUT2D eigenvalue weighted by Gasteiger charge is 2.21. The summed E-state index contributed by atoms with van der Waals surface area (Å²) in [7, 11) is 0. The predicted molar refractivity (Wildman–Crippen MR) is 70.1 cm³/mol. The zero-order valence-electron chi connectivity index (χ0n) is 10.8. The molecule has 0 aromatic heterocycles. The van der Waals surface area contributed by atoms with Crippen LogP contribution in [0.1, 0.15) is 24.0 Å². The summed E-state index contributed by atoms with van der Waals surface area (Å²) in [5, 5.41) is 0. The van der Waals surface area contributed by atoms with E-state index < -0.39 is 0 Å². The lowest BCUT2D eigenvalue weighted by Gasteiger charge is -2.29. The van der Waals surface area contributed by atoms with Gasteiger partial charge in [-0.15, -0.1) is 0 Å². The number of hydrogen-bond donors (Lipinski definition) is 1. The number of carbonyl (C=O) groups excluding carboxylic acids is 1. The zero-order chi connectivity index (χ0) is 13.0. The van der Waals surface area contributed by atoms with E-state index in [4.69, 9.17) is 10.5 Å². The molecule has 1 aromatic rings. The number of nitrogens with two attached hydrogens (primary N) is 1. The lowest BCUT2D eigenvalue weighted by Crippen LogP contribution is -2.43. The summed E-state index contributed by atoms with van der Waals surface area (Å²) in [5.74, 6) is 0. The van der Waals surface area contributed by atoms with Crippen molar-refractivity contribution in [1.29, 1.82) is 0 Å². The van der Waals surface area contributed by atoms with Gasteiger partial charge in [0.05, 0.1) is 0 Å². The molecule has 0 saturated carbocycles. The van der Waals surface area contributed by atoms with Crippen molar-refractivity contribution in [2.45, 2.75) is 32.4 Å². The Hall–Kier alpha value is -1.55. The molecule has 0 radical (unpaired) electrons. The highest BCUT2D eigenvalue weighted by molar-refractivity contribution is 5.67. The number of nitrogens with zero attached hydrogens (tertiary/aromatic N) is 1. The van der Waals surface area contributed by atoms with Crippen LogP contribution in [0.25, 0.3) is 0 Å². The second kappa shape index (κ2) is 5.87. The van der Waals surface area contributed by atoms with Crippen molar-refractivity contribution < 1.29 is 9.53 Å². The summed E-state index contributed by atoms with van der Waals surface area (Å²) in [6, 6.07) is 8.16. The Bertz CT molecular complexity index is 412. The van der Waals surface area contributed by atoms with E-state index in [9.17, 15) is 4.79 Å². The van der Waals surface area contributed by atoms with Crippen LogP contribution in [0.15, 0.2) is 24.3 Å². The van der Waals surface area contributed by atoms with Crippen molar-refractivity contribution in [2.75, 3.05) is 13.1 Å². The first-order chi connectivity index (χ1) is 8.66. The molecule has 2 N–H and O–H groups in total. The quantitative estimate of drug-likeness (QED) is 0.871. The molecule has 1 amide bonds. The summed E-state index contributed by atoms with van der Waals surface area (Å²) >= 11 is 0. The lowest BCUT2D eigenvalue weighted by molar-refractivity contribution is 0.0872. The molecule has 1 fully saturated rings. The maximum Gasteiger partial charge on any atom is 0.410 e. The van der Waals surface area contributed by atoms with Gasteiger partial charge in [0, 0.05) is 19.1 Å². The van der Waals surface area contributed by atoms with Crippen LogP contribution in [-0.4, -0.2) is 30.1 Å². The second-order valence-electron chi connectivity index (χ2n) is 4.81. The number of amides is 1. The van der Waals surface area contributed by atoms with E-state index in [-0.39, 0.29) is 12.1 Å². The summed E-state index contributed by atoms with van der Waals surface area (Å²) < 4.78 is 5.33. The van der Waals surface area contributed by atoms with Gasteiger partial charge < -0.3 is 15.4 Å². The van der Waals surface area contributed by atoms with Crippen molar-refractivity contribution in [3.63, 3.8) is 0 Å². The van der Waals surface area contributed by atoms with E-state index >= 15 is 0 Å². The van der Waals surface area contributed by atoms with E-state index in [0.717, 1.165) is 24.0 Å². The molecule has 4 nitrogen and oxygen atoms in total. The molecule has 0 atom stereocenters. The SMILES string of the molecule is Cc1ccccc1COC(=O)N1CCC(N)CC1. The molecular formula is C14H20N2O2. The molecule has 1 aromatic carbocycles. The van der Waals surface area contributed by atoms with Crippen LogP contribution >= 0.6 is 0 Å². The van der Waals surface area contributed by atoms with Gasteiger partial charge in [0.1, 0.15) is 6.61 Å². The predicted octanol–water partition coefficient (Wildman–Crippen LogP) is 2.05. The van der Waals surface area contributed by atoms with Crippen LogP contribution in [0, 0.1) is 6.92 Å². The molecule has 1 aliphatic rings. The van der Waals surface area contributed by atoms with Gasteiger partial charge in [0.25, 0.3) is 0 Å². The van der Waals surface area contributed by atoms with Gasteiger partial charge in [-0.1, -0.05) is 24.3 Å². The molecule has 0 spiro atoms. The Morgan fingerprint density at radius 1 is 1.39 bits per heavy atom. The first-order valence-corrected chi connectivity index (χ1v) is 6.38. The summed E-state index contributed by atoms with van der Waals surface area (Å²) in [6.45, 7) is 3.76. The van der Waals surface area contributed by atoms with Crippen molar-refractivity contribution in [3.8, 4) is 0 Å². The average molecular weight is 248 g/mol. The Labute approximate surface area is 108 Å². The highest BCUT2D eigenvalue weighted by atomic mass is 16.6. The highest BCUT2D eigenvalue weighted by Crippen LogP contribution is 2.12. The van der Waals surface area contributed by atoms with Crippen LogP contribution in [-0.2, 0) is 11.3 Å². The minimum Gasteiger partial charge on any atom is -0.445 e. The summed E-state index contributed by atoms with van der Waals surface area (Å²) in [6.07, 6.45) is 1.49. The lowest BCUT2D eigenvalue weighted by atomic mass is 10.1. The first-order valence-electron chi connectivity index (χ1n) is 6.38. The fourth-order valence-corrected chi connectivity index (χ4v) is 2.08. The van der Waals surface area contributed by atoms with Crippen LogP contribution < -0.4 is 5.73 Å². The molecule has 1 saturated heterocycles. The third-order valence-corrected chi connectivity index (χ3v) is 3.41. The number of piperidine rings is 1. The molecule has 0 aliphatic carbocycles. The van der Waals surface area contributed by atoms with E-state index in [0.29, 0.717) is 19.7 Å². The first kappa shape index (κ1) is 12.9. The molecular weight excluding hydrogens is 228 g/mol. The minimum atomic E-state index is -0.231. The van der Waals surface area contributed by atoms with Gasteiger partial charge in [-0.05, 0) is 30.9 Å². The van der Waals surface area contributed by atoms with Gasteiger partial charge in [0.15, 0.2) is 0 Å². The minimum absolute atomic E-state index is 0.227. The van der Waals surface area contributed by atoms with Gasteiger partial charge in [0.2, 0.25) is 0 Å². The van der Waals surface area contributed by atoms with E-state index in [2.05, 4.69) is 0 Å². The monoisotopic (exact) mass is 248 g/mol. The Balaban J connectivity index is 1.83. The van der Waals surface area contributed by atoms with Crippen LogP contribution in [0.5, 0.6) is 0 Å². The Kier molecular flexibility index (Phi) is 4.20. The molecule has 98 valence electrons. The van der Waals surface area contributed by atoms with Gasteiger partial charge in [-0.3, -0.25) is 0 Å². The van der Waals surface area contributed by atoms with E-state index in [1.807, 2.05) is 31.2 Å². The Morgan fingerprint density at radius 3 is 2.72 bits per heavy atom. The van der Waals surface area contributed by atoms with Crippen LogP contribution in [0.3, 0.4) is 0 Å². The number of hydrogen-bond acceptors (Lipinski definition) is 3. The molecule has 1 heterocycles. The van der Waals surface area contributed by atoms with Crippen molar-refractivity contribution in [2.24, 2.45) is 5.73 Å². The Morgan fingerprint density at radius 2 is 2.06 bits per heavy atom. The molecule has 0 unspecified atom stereocenters. The molecule has 2 rings (SSSR count). The largest absolute Gasteiger partial charge is 0.445 e.